The molecule has 0 aromatic rings. The summed E-state index contributed by atoms with van der Waals surface area (Å²) in [5.41, 5.74) is 0. The van der Waals surface area contributed by atoms with Crippen LogP contribution in [0.15, 0.2) is 42.5 Å². The van der Waals surface area contributed by atoms with E-state index in [1.54, 1.807) is 0 Å². The number of halogens is 2. The molecule has 0 aromatic carbocycles. The van der Waals surface area contributed by atoms with Crippen LogP contribution in [0.5, 0.6) is 0 Å². The predicted octanol–water partition coefficient (Wildman–Crippen LogP) is -0.572. The summed E-state index contributed by atoms with van der Waals surface area (Å²) in [7, 11) is 0. The van der Waals surface area contributed by atoms with E-state index in [2.05, 4.69) is 76.7 Å². The first-order chi connectivity index (χ1) is 10.7. The van der Waals surface area contributed by atoms with Crippen molar-refractivity contribution in [1.29, 1.82) is 0 Å². The molecule has 0 N–H and O–H groups in total. The van der Waals surface area contributed by atoms with Crippen LogP contribution in [0.3, 0.4) is 0 Å². The molecule has 4 atom stereocenters. The summed E-state index contributed by atoms with van der Waals surface area (Å²) in [5.74, 6) is 3.56. The van der Waals surface area contributed by atoms with Gasteiger partial charge in [-0.1, -0.05) is 49.8 Å². The first kappa shape index (κ1) is 24.1. The molecular weight excluding hydrogens is 371 g/mol. The zero-order chi connectivity index (χ0) is 15.8. The maximum Gasteiger partial charge on any atom is -0.109 e. The van der Waals surface area contributed by atoms with Crippen LogP contribution in [0.2, 0.25) is 0 Å². The fraction of sp³-hybridized carbons (Fsp3) is 0.524. The van der Waals surface area contributed by atoms with Crippen molar-refractivity contribution in [1.82, 2.24) is 0 Å². The average Bonchev–Trinajstić information content (AvgIpc) is 3.18. The number of hydrogen-bond donors (Lipinski definition) is 0. The molecule has 0 aliphatic heterocycles. The SMILES string of the molecule is C1=CC2[CH-]C3CCCCC3C2C=C1.C[C](C)=[Ti+2].[C-]1=CC=CC1.[Cl-].[Cl-]. The van der Waals surface area contributed by atoms with E-state index in [0.29, 0.717) is 0 Å². The minimum Gasteiger partial charge on any atom is -1.00 e. The molecule has 132 valence electrons. The molecule has 0 spiro atoms. The fourth-order valence-electron chi connectivity index (χ4n) is 3.79. The standard InChI is InChI=1S/C13H17.C5H5.C3H6.2ClH.Ti/c1-3-7-12-10(5-1)9-11-6-2-4-8-13(11)12;1-2-4-5-3-1;1-3-2;;;/h1,3,5,7,9-13H,2,4,6,8H2;1-3H,4H2;1-2H3;2*1H;/q2*-1;;;;+2/p-2. The van der Waals surface area contributed by atoms with Gasteiger partial charge in [-0.05, 0) is 5.92 Å². The first-order valence-corrected chi connectivity index (χ1v) is 9.40. The van der Waals surface area contributed by atoms with Crippen LogP contribution in [0.1, 0.15) is 46.0 Å². The molecule has 0 aromatic heterocycles. The third kappa shape index (κ3) is 8.00. The van der Waals surface area contributed by atoms with Crippen LogP contribution in [-0.4, -0.2) is 3.81 Å². The van der Waals surface area contributed by atoms with E-state index in [-0.39, 0.29) is 24.8 Å². The number of allylic oxidation sites excluding steroid dienone is 8. The molecule has 2 fully saturated rings. The average molecular weight is 399 g/mol. The second-order valence-corrected chi connectivity index (χ2v) is 8.29. The normalized spacial score (nSPS) is 30.5. The molecule has 0 bridgehead atoms. The van der Waals surface area contributed by atoms with Gasteiger partial charge < -0.3 is 31.2 Å². The molecule has 0 radical (unpaired) electrons. The van der Waals surface area contributed by atoms with E-state index in [4.69, 9.17) is 0 Å². The van der Waals surface area contributed by atoms with Gasteiger partial charge in [-0.3, -0.25) is 6.08 Å². The topological polar surface area (TPSA) is 0 Å². The van der Waals surface area contributed by atoms with Crippen molar-refractivity contribution in [3.05, 3.63) is 55.0 Å². The minimum atomic E-state index is 0. The quantitative estimate of drug-likeness (QED) is 0.378. The second-order valence-electron chi connectivity index (χ2n) is 6.73. The van der Waals surface area contributed by atoms with Gasteiger partial charge in [0.05, 0.1) is 0 Å². The number of fused-ring (bicyclic) bond motifs is 3. The summed E-state index contributed by atoms with van der Waals surface area (Å²) in [5, 5.41) is 0. The van der Waals surface area contributed by atoms with Crippen molar-refractivity contribution in [2.24, 2.45) is 23.7 Å². The van der Waals surface area contributed by atoms with Gasteiger partial charge >= 0.3 is 37.6 Å². The zero-order valence-electron chi connectivity index (χ0n) is 14.7. The Kier molecular flexibility index (Phi) is 13.4. The second kappa shape index (κ2) is 13.3. The molecule has 0 heterocycles. The molecule has 4 aliphatic carbocycles. The van der Waals surface area contributed by atoms with E-state index in [1.165, 1.54) is 29.5 Å². The zero-order valence-corrected chi connectivity index (χ0v) is 17.8. The van der Waals surface area contributed by atoms with Crippen molar-refractivity contribution < 1.29 is 44.8 Å². The van der Waals surface area contributed by atoms with Crippen LogP contribution in [0.25, 0.3) is 0 Å². The first-order valence-electron chi connectivity index (χ1n) is 8.62. The molecule has 4 unspecified atom stereocenters. The van der Waals surface area contributed by atoms with E-state index in [0.717, 1.165) is 30.1 Å². The minimum absolute atomic E-state index is 0. The van der Waals surface area contributed by atoms with E-state index in [1.807, 2.05) is 12.2 Å². The number of rotatable bonds is 0. The van der Waals surface area contributed by atoms with Gasteiger partial charge in [0.25, 0.3) is 0 Å². The maximum atomic E-state index is 2.99. The molecule has 0 amide bonds. The van der Waals surface area contributed by atoms with E-state index in [9.17, 15) is 0 Å². The molecule has 2 saturated carbocycles. The van der Waals surface area contributed by atoms with Crippen LogP contribution in [0, 0.1) is 36.2 Å². The molecule has 4 aliphatic rings. The fourth-order valence-corrected chi connectivity index (χ4v) is 3.79. The Hall–Kier alpha value is 0.124. The monoisotopic (exact) mass is 398 g/mol. The molecule has 0 nitrogen and oxygen atoms in total. The predicted molar refractivity (Wildman–Crippen MR) is 92.9 cm³/mol. The Balaban J connectivity index is 0.000000409. The molecule has 24 heavy (non-hydrogen) atoms. The molecular formula is C21H28Cl2Ti-2. The summed E-state index contributed by atoms with van der Waals surface area (Å²) >= 11 is 2.08. The Morgan fingerprint density at radius 1 is 1.04 bits per heavy atom. The van der Waals surface area contributed by atoms with Crippen LogP contribution in [-0.2, 0) is 20.0 Å². The maximum absolute atomic E-state index is 2.99. The summed E-state index contributed by atoms with van der Waals surface area (Å²) in [6, 6.07) is 0. The Bertz CT molecular complexity index is 462. The van der Waals surface area contributed by atoms with Crippen molar-refractivity contribution in [2.45, 2.75) is 46.0 Å². The summed E-state index contributed by atoms with van der Waals surface area (Å²) in [6.45, 7) is 4.17. The van der Waals surface area contributed by atoms with Gasteiger partial charge in [0.1, 0.15) is 0 Å². The van der Waals surface area contributed by atoms with Gasteiger partial charge in [0, 0.05) is 0 Å². The largest absolute Gasteiger partial charge is 1.00 e. The Morgan fingerprint density at radius 3 is 2.29 bits per heavy atom. The van der Waals surface area contributed by atoms with Gasteiger partial charge in [0.2, 0.25) is 0 Å². The van der Waals surface area contributed by atoms with Gasteiger partial charge in [-0.25, -0.2) is 12.2 Å². The number of hydrogen-bond acceptors (Lipinski definition) is 0. The van der Waals surface area contributed by atoms with Gasteiger partial charge in [-0.15, -0.1) is 18.4 Å². The molecule has 3 heteroatoms. The summed E-state index contributed by atoms with van der Waals surface area (Å²) in [4.78, 5) is 0. The Labute approximate surface area is 172 Å². The van der Waals surface area contributed by atoms with Crippen LogP contribution < -0.4 is 24.8 Å². The Morgan fingerprint density at radius 2 is 1.71 bits per heavy atom. The third-order valence-corrected chi connectivity index (χ3v) is 4.65. The van der Waals surface area contributed by atoms with Crippen molar-refractivity contribution >= 4 is 3.81 Å². The van der Waals surface area contributed by atoms with Gasteiger partial charge in [-0.2, -0.15) is 12.0 Å². The molecule has 4 rings (SSSR count). The van der Waals surface area contributed by atoms with Gasteiger partial charge in [0.15, 0.2) is 0 Å². The van der Waals surface area contributed by atoms with E-state index < -0.39 is 0 Å². The summed E-state index contributed by atoms with van der Waals surface area (Å²) < 4.78 is 1.42. The van der Waals surface area contributed by atoms with Crippen LogP contribution in [0.4, 0.5) is 0 Å². The van der Waals surface area contributed by atoms with E-state index >= 15 is 0 Å². The summed E-state index contributed by atoms with van der Waals surface area (Å²) in [6.07, 6.45) is 27.8. The third-order valence-electron chi connectivity index (χ3n) is 4.65. The van der Waals surface area contributed by atoms with Crippen LogP contribution >= 0.6 is 0 Å². The molecule has 0 saturated heterocycles. The van der Waals surface area contributed by atoms with Crippen molar-refractivity contribution in [3.8, 4) is 0 Å². The van der Waals surface area contributed by atoms with Crippen molar-refractivity contribution in [3.63, 3.8) is 0 Å². The smallest absolute Gasteiger partial charge is 0.109 e. The van der Waals surface area contributed by atoms with Crippen molar-refractivity contribution in [2.75, 3.05) is 0 Å².